The highest BCUT2D eigenvalue weighted by molar-refractivity contribution is 8.13. The molecule has 0 radical (unpaired) electrons. The maximum absolute atomic E-state index is 13.9. The molecule has 4 nitrogen and oxygen atoms in total. The van der Waals surface area contributed by atoms with Crippen LogP contribution in [0.2, 0.25) is 0 Å². The van der Waals surface area contributed by atoms with Crippen LogP contribution in [0.1, 0.15) is 50.5 Å². The number of thioether (sulfide) groups is 1. The Labute approximate surface area is 152 Å². The van der Waals surface area contributed by atoms with Crippen LogP contribution in [0.25, 0.3) is 6.08 Å². The van der Waals surface area contributed by atoms with Crippen LogP contribution in [-0.4, -0.2) is 35.5 Å². The molecule has 1 saturated heterocycles. The zero-order valence-electron chi connectivity index (χ0n) is 15.1. The van der Waals surface area contributed by atoms with E-state index in [4.69, 9.17) is 9.31 Å². The van der Waals surface area contributed by atoms with E-state index in [1.807, 2.05) is 27.7 Å². The van der Waals surface area contributed by atoms with Crippen molar-refractivity contribution in [3.8, 4) is 0 Å². The summed E-state index contributed by atoms with van der Waals surface area (Å²) in [7, 11) is -0.667. The van der Waals surface area contributed by atoms with Crippen molar-refractivity contribution in [1.29, 1.82) is 0 Å². The molecule has 1 aliphatic rings. The molecule has 0 atom stereocenters. The summed E-state index contributed by atoms with van der Waals surface area (Å²) in [5.74, 6) is -0.253. The molecule has 0 N–H and O–H groups in total. The number of halogens is 1. The van der Waals surface area contributed by atoms with Gasteiger partial charge in [0.2, 0.25) is 0 Å². The number of benzene rings is 1. The van der Waals surface area contributed by atoms with E-state index in [0.717, 1.165) is 11.8 Å². The molecule has 0 bridgehead atoms. The van der Waals surface area contributed by atoms with Gasteiger partial charge in [-0.05, 0) is 44.8 Å². The third kappa shape index (κ3) is 4.40. The summed E-state index contributed by atoms with van der Waals surface area (Å²) in [6.07, 6.45) is 2.16. The SMILES string of the molecule is CC(=O)SCC(=Cc1cccc(F)c1C=O)B1OC(C)(C)C(C)(C)O1. The van der Waals surface area contributed by atoms with Gasteiger partial charge < -0.3 is 9.31 Å². The molecule has 2 rings (SSSR count). The van der Waals surface area contributed by atoms with E-state index < -0.39 is 24.1 Å². The standard InChI is InChI=1S/C18H22BFO4S/c1-12(22)25-11-14(19-23-17(2,3)18(4,5)24-19)9-13-7-6-8-16(20)15(13)10-21/h6-10H,11H2,1-5H3. The second-order valence-corrected chi connectivity index (χ2v) is 8.10. The largest absolute Gasteiger partial charge is 0.491 e. The van der Waals surface area contributed by atoms with Gasteiger partial charge in [0, 0.05) is 12.7 Å². The zero-order chi connectivity index (χ0) is 18.8. The Bertz CT molecular complexity index is 699. The molecule has 1 fully saturated rings. The van der Waals surface area contributed by atoms with Crippen molar-refractivity contribution in [3.05, 3.63) is 40.6 Å². The van der Waals surface area contributed by atoms with Crippen LogP contribution in [0.15, 0.2) is 23.7 Å². The van der Waals surface area contributed by atoms with Crippen molar-refractivity contribution in [2.24, 2.45) is 0 Å². The fourth-order valence-corrected chi connectivity index (χ4v) is 2.95. The van der Waals surface area contributed by atoms with Crippen LogP contribution >= 0.6 is 11.8 Å². The Kier molecular flexibility index (Phi) is 5.91. The molecule has 1 heterocycles. The van der Waals surface area contributed by atoms with E-state index in [0.29, 0.717) is 23.1 Å². The average molecular weight is 364 g/mol. The van der Waals surface area contributed by atoms with E-state index in [1.165, 1.54) is 19.1 Å². The summed E-state index contributed by atoms with van der Waals surface area (Å²) in [5, 5.41) is -0.0442. The predicted molar refractivity (Wildman–Crippen MR) is 99.0 cm³/mol. The second-order valence-electron chi connectivity index (χ2n) is 6.95. The second kappa shape index (κ2) is 7.44. The van der Waals surface area contributed by atoms with Gasteiger partial charge in [-0.3, -0.25) is 9.59 Å². The molecule has 1 aromatic carbocycles. The molecular weight excluding hydrogens is 342 g/mol. The monoisotopic (exact) mass is 364 g/mol. The molecule has 1 aromatic rings. The molecule has 0 unspecified atom stereocenters. The van der Waals surface area contributed by atoms with Crippen molar-refractivity contribution in [3.63, 3.8) is 0 Å². The van der Waals surface area contributed by atoms with Gasteiger partial charge in [0.25, 0.3) is 0 Å². The Hall–Kier alpha value is -1.44. The molecule has 7 heteroatoms. The molecule has 25 heavy (non-hydrogen) atoms. The molecule has 0 amide bonds. The molecule has 0 saturated carbocycles. The van der Waals surface area contributed by atoms with Crippen LogP contribution < -0.4 is 0 Å². The van der Waals surface area contributed by atoms with E-state index >= 15 is 0 Å². The van der Waals surface area contributed by atoms with Gasteiger partial charge in [0.05, 0.1) is 16.8 Å². The summed E-state index contributed by atoms with van der Waals surface area (Å²) < 4.78 is 25.9. The van der Waals surface area contributed by atoms with Crippen molar-refractivity contribution >= 4 is 36.4 Å². The summed E-state index contributed by atoms with van der Waals surface area (Å²) in [6.45, 7) is 9.21. The van der Waals surface area contributed by atoms with E-state index in [2.05, 4.69) is 0 Å². The number of carbonyl (C=O) groups is 2. The highest BCUT2D eigenvalue weighted by Crippen LogP contribution is 2.39. The van der Waals surface area contributed by atoms with Gasteiger partial charge in [-0.1, -0.05) is 30.0 Å². The first-order valence-corrected chi connectivity index (χ1v) is 8.99. The minimum Gasteiger partial charge on any atom is -0.400 e. The molecule has 134 valence electrons. The fraction of sp³-hybridized carbons (Fsp3) is 0.444. The van der Waals surface area contributed by atoms with Crippen LogP contribution in [-0.2, 0) is 14.1 Å². The first-order chi connectivity index (χ1) is 11.6. The normalized spacial score (nSPS) is 19.1. The predicted octanol–water partition coefficient (Wildman–Crippen LogP) is 3.93. The number of hydrogen-bond acceptors (Lipinski definition) is 5. The lowest BCUT2D eigenvalue weighted by atomic mass is 9.78. The zero-order valence-corrected chi connectivity index (χ0v) is 15.9. The van der Waals surface area contributed by atoms with Crippen molar-refractivity contribution < 1.29 is 23.3 Å². The summed E-state index contributed by atoms with van der Waals surface area (Å²) in [4.78, 5) is 22.6. The highest BCUT2D eigenvalue weighted by Gasteiger charge is 2.52. The number of aldehydes is 1. The minimum atomic E-state index is -0.667. The van der Waals surface area contributed by atoms with Gasteiger partial charge in [-0.25, -0.2) is 4.39 Å². The lowest BCUT2D eigenvalue weighted by Gasteiger charge is -2.32. The van der Waals surface area contributed by atoms with Crippen LogP contribution in [0.3, 0.4) is 0 Å². The first kappa shape index (κ1) is 19.9. The van der Waals surface area contributed by atoms with E-state index in [9.17, 15) is 14.0 Å². The topological polar surface area (TPSA) is 52.6 Å². The van der Waals surface area contributed by atoms with Crippen molar-refractivity contribution in [2.45, 2.75) is 45.8 Å². The van der Waals surface area contributed by atoms with Crippen LogP contribution in [0, 0.1) is 5.82 Å². The molecular formula is C18H22BFO4S. The van der Waals surface area contributed by atoms with Gasteiger partial charge >= 0.3 is 7.12 Å². The molecule has 1 aliphatic heterocycles. The minimum absolute atomic E-state index is 0.0238. The Morgan fingerprint density at radius 2 is 1.84 bits per heavy atom. The quantitative estimate of drug-likeness (QED) is 0.585. The highest BCUT2D eigenvalue weighted by atomic mass is 32.2. The van der Waals surface area contributed by atoms with E-state index in [-0.39, 0.29) is 10.7 Å². The Morgan fingerprint density at radius 3 is 2.36 bits per heavy atom. The van der Waals surface area contributed by atoms with Crippen molar-refractivity contribution in [1.82, 2.24) is 0 Å². The third-order valence-corrected chi connectivity index (χ3v) is 5.43. The third-order valence-electron chi connectivity index (χ3n) is 4.54. The molecule has 0 spiro atoms. The summed E-state index contributed by atoms with van der Waals surface area (Å²) >= 11 is 1.11. The van der Waals surface area contributed by atoms with Gasteiger partial charge in [-0.2, -0.15) is 0 Å². The lowest BCUT2D eigenvalue weighted by Crippen LogP contribution is -2.41. The van der Waals surface area contributed by atoms with E-state index in [1.54, 1.807) is 12.1 Å². The Morgan fingerprint density at radius 1 is 1.24 bits per heavy atom. The number of hydrogen-bond donors (Lipinski definition) is 0. The van der Waals surface area contributed by atoms with Gasteiger partial charge in [-0.15, -0.1) is 0 Å². The van der Waals surface area contributed by atoms with Crippen LogP contribution in [0.5, 0.6) is 0 Å². The number of rotatable bonds is 5. The maximum atomic E-state index is 13.9. The van der Waals surface area contributed by atoms with Crippen LogP contribution in [0.4, 0.5) is 4.39 Å². The summed E-state index contributed by atoms with van der Waals surface area (Å²) in [5.41, 5.74) is 0.0147. The summed E-state index contributed by atoms with van der Waals surface area (Å²) in [6, 6.07) is 4.42. The lowest BCUT2D eigenvalue weighted by molar-refractivity contribution is -0.109. The maximum Gasteiger partial charge on any atom is 0.491 e. The Balaban J connectivity index is 2.42. The molecule has 0 aromatic heterocycles. The first-order valence-electron chi connectivity index (χ1n) is 8.00. The fourth-order valence-electron chi connectivity index (χ4n) is 2.36. The van der Waals surface area contributed by atoms with Crippen molar-refractivity contribution in [2.75, 3.05) is 5.75 Å². The smallest absolute Gasteiger partial charge is 0.400 e. The number of carbonyl (C=O) groups excluding carboxylic acids is 2. The average Bonchev–Trinajstić information content (AvgIpc) is 2.71. The van der Waals surface area contributed by atoms with Gasteiger partial charge in [0.15, 0.2) is 11.4 Å². The molecule has 0 aliphatic carbocycles. The van der Waals surface area contributed by atoms with Gasteiger partial charge in [0.1, 0.15) is 5.82 Å².